The van der Waals surface area contributed by atoms with Crippen LogP contribution < -0.4 is 0 Å². The molecule has 0 aromatic heterocycles. The zero-order valence-corrected chi connectivity index (χ0v) is 7.24. The minimum absolute atomic E-state index is 0.193. The number of carbonyl (C=O) groups excluding carboxylic acids is 1. The highest BCUT2D eigenvalue weighted by Gasteiger charge is 1.94. The summed E-state index contributed by atoms with van der Waals surface area (Å²) in [6, 6.07) is 9.21. The summed E-state index contributed by atoms with van der Waals surface area (Å²) >= 11 is 0. The van der Waals surface area contributed by atoms with Gasteiger partial charge in [0.05, 0.1) is 0 Å². The lowest BCUT2D eigenvalue weighted by Crippen LogP contribution is -1.78. The SMILES string of the molecule is O=CCC/C(F)=C/c1ccccc1. The largest absolute Gasteiger partial charge is 0.303 e. The second-order valence-corrected chi connectivity index (χ2v) is 2.71. The van der Waals surface area contributed by atoms with Crippen LogP contribution in [0.3, 0.4) is 0 Å². The Kier molecular flexibility index (Phi) is 3.89. The number of allylic oxidation sites excluding steroid dienone is 1. The van der Waals surface area contributed by atoms with Gasteiger partial charge in [0.25, 0.3) is 0 Å². The van der Waals surface area contributed by atoms with E-state index in [1.165, 1.54) is 6.08 Å². The molecule has 2 heteroatoms. The summed E-state index contributed by atoms with van der Waals surface area (Å²) in [5.74, 6) is -0.252. The number of benzene rings is 1. The molecule has 0 bridgehead atoms. The predicted octanol–water partition coefficient (Wildman–Crippen LogP) is 2.98. The summed E-state index contributed by atoms with van der Waals surface area (Å²) in [6.07, 6.45) is 2.61. The number of carbonyl (C=O) groups is 1. The fourth-order valence-electron chi connectivity index (χ4n) is 0.999. The molecule has 1 aromatic carbocycles. The molecule has 1 nitrogen and oxygen atoms in total. The van der Waals surface area contributed by atoms with Crippen LogP contribution in [0.2, 0.25) is 0 Å². The molecular weight excluding hydrogens is 167 g/mol. The lowest BCUT2D eigenvalue weighted by atomic mass is 10.2. The first-order valence-electron chi connectivity index (χ1n) is 4.17. The summed E-state index contributed by atoms with van der Waals surface area (Å²) in [5, 5.41) is 0. The van der Waals surface area contributed by atoms with Crippen molar-refractivity contribution >= 4 is 12.4 Å². The van der Waals surface area contributed by atoms with E-state index in [9.17, 15) is 9.18 Å². The van der Waals surface area contributed by atoms with Crippen LogP contribution in [0.25, 0.3) is 6.08 Å². The van der Waals surface area contributed by atoms with Crippen molar-refractivity contribution in [1.82, 2.24) is 0 Å². The van der Waals surface area contributed by atoms with Crippen LogP contribution in [-0.2, 0) is 4.79 Å². The maximum absolute atomic E-state index is 13.0. The maximum atomic E-state index is 13.0. The third-order valence-electron chi connectivity index (χ3n) is 1.62. The van der Waals surface area contributed by atoms with Crippen LogP contribution in [0.5, 0.6) is 0 Å². The Bertz CT molecular complexity index is 290. The van der Waals surface area contributed by atoms with E-state index in [1.54, 1.807) is 0 Å². The highest BCUT2D eigenvalue weighted by Crippen LogP contribution is 2.11. The Balaban J connectivity index is 2.60. The molecule has 0 amide bonds. The monoisotopic (exact) mass is 178 g/mol. The van der Waals surface area contributed by atoms with Crippen molar-refractivity contribution in [2.75, 3.05) is 0 Å². The lowest BCUT2D eigenvalue weighted by Gasteiger charge is -1.93. The number of aldehydes is 1. The van der Waals surface area contributed by atoms with Crippen LogP contribution in [0, 0.1) is 0 Å². The molecule has 1 aromatic rings. The van der Waals surface area contributed by atoms with Gasteiger partial charge in [0.2, 0.25) is 0 Å². The van der Waals surface area contributed by atoms with Gasteiger partial charge < -0.3 is 4.79 Å². The zero-order valence-electron chi connectivity index (χ0n) is 7.24. The summed E-state index contributed by atoms with van der Waals surface area (Å²) < 4.78 is 13.0. The third-order valence-corrected chi connectivity index (χ3v) is 1.62. The Morgan fingerprint density at radius 3 is 2.62 bits per heavy atom. The molecule has 0 atom stereocenters. The van der Waals surface area contributed by atoms with Crippen LogP contribution in [-0.4, -0.2) is 6.29 Å². The van der Waals surface area contributed by atoms with Gasteiger partial charge in [-0.1, -0.05) is 30.3 Å². The molecule has 0 unspecified atom stereocenters. The molecule has 0 aliphatic heterocycles. The standard InChI is InChI=1S/C11H11FO/c12-11(7-4-8-13)9-10-5-2-1-3-6-10/h1-3,5-6,8-9H,4,7H2/b11-9-. The van der Waals surface area contributed by atoms with Gasteiger partial charge in [-0.05, 0) is 11.6 Å². The molecule has 0 saturated heterocycles. The number of rotatable bonds is 4. The Morgan fingerprint density at radius 2 is 2.00 bits per heavy atom. The highest BCUT2D eigenvalue weighted by molar-refractivity contribution is 5.53. The average molecular weight is 178 g/mol. The molecule has 0 aliphatic carbocycles. The molecular formula is C11H11FO. The first-order chi connectivity index (χ1) is 6.33. The van der Waals surface area contributed by atoms with E-state index in [2.05, 4.69) is 0 Å². The van der Waals surface area contributed by atoms with Crippen molar-refractivity contribution in [2.45, 2.75) is 12.8 Å². The smallest absolute Gasteiger partial charge is 0.120 e. The summed E-state index contributed by atoms with van der Waals surface area (Å²) in [7, 11) is 0. The molecule has 0 fully saturated rings. The van der Waals surface area contributed by atoms with Crippen molar-refractivity contribution in [3.8, 4) is 0 Å². The minimum atomic E-state index is -0.252. The van der Waals surface area contributed by atoms with E-state index in [1.807, 2.05) is 30.3 Å². The van der Waals surface area contributed by atoms with E-state index < -0.39 is 0 Å². The fraction of sp³-hybridized carbons (Fsp3) is 0.182. The summed E-state index contributed by atoms with van der Waals surface area (Å²) in [5.41, 5.74) is 0.825. The normalized spacial score (nSPS) is 11.3. The molecule has 0 radical (unpaired) electrons. The second kappa shape index (κ2) is 5.25. The second-order valence-electron chi connectivity index (χ2n) is 2.71. The van der Waals surface area contributed by atoms with E-state index in [-0.39, 0.29) is 18.7 Å². The van der Waals surface area contributed by atoms with Gasteiger partial charge in [0.1, 0.15) is 12.1 Å². The first-order valence-corrected chi connectivity index (χ1v) is 4.17. The van der Waals surface area contributed by atoms with Gasteiger partial charge in [-0.25, -0.2) is 4.39 Å². The minimum Gasteiger partial charge on any atom is -0.303 e. The Hall–Kier alpha value is -1.44. The Labute approximate surface area is 76.9 Å². The molecule has 0 spiro atoms. The van der Waals surface area contributed by atoms with Crippen molar-refractivity contribution in [2.24, 2.45) is 0 Å². The molecule has 0 aliphatic rings. The molecule has 0 N–H and O–H groups in total. The third kappa shape index (κ3) is 3.65. The van der Waals surface area contributed by atoms with Crippen LogP contribution in [0.4, 0.5) is 4.39 Å². The summed E-state index contributed by atoms with van der Waals surface area (Å²) in [6.45, 7) is 0. The van der Waals surface area contributed by atoms with Crippen LogP contribution in [0.15, 0.2) is 36.2 Å². The zero-order chi connectivity index (χ0) is 9.52. The maximum Gasteiger partial charge on any atom is 0.120 e. The quantitative estimate of drug-likeness (QED) is 0.648. The van der Waals surface area contributed by atoms with E-state index in [0.29, 0.717) is 0 Å². The lowest BCUT2D eigenvalue weighted by molar-refractivity contribution is -0.107. The van der Waals surface area contributed by atoms with Crippen LogP contribution >= 0.6 is 0 Å². The molecule has 0 heterocycles. The molecule has 1 rings (SSSR count). The summed E-state index contributed by atoms with van der Waals surface area (Å²) in [4.78, 5) is 9.97. The average Bonchev–Trinajstić information content (AvgIpc) is 2.16. The fourth-order valence-corrected chi connectivity index (χ4v) is 0.999. The van der Waals surface area contributed by atoms with Crippen molar-refractivity contribution in [1.29, 1.82) is 0 Å². The molecule has 68 valence electrons. The van der Waals surface area contributed by atoms with E-state index in [0.717, 1.165) is 11.8 Å². The number of halogens is 1. The topological polar surface area (TPSA) is 17.1 Å². The predicted molar refractivity (Wildman–Crippen MR) is 50.8 cm³/mol. The first kappa shape index (κ1) is 9.65. The van der Waals surface area contributed by atoms with Gasteiger partial charge >= 0.3 is 0 Å². The van der Waals surface area contributed by atoms with E-state index >= 15 is 0 Å². The van der Waals surface area contributed by atoms with Gasteiger partial charge in [0, 0.05) is 12.8 Å². The molecule has 13 heavy (non-hydrogen) atoms. The van der Waals surface area contributed by atoms with E-state index in [4.69, 9.17) is 0 Å². The van der Waals surface area contributed by atoms with Crippen molar-refractivity contribution < 1.29 is 9.18 Å². The van der Waals surface area contributed by atoms with Crippen LogP contribution in [0.1, 0.15) is 18.4 Å². The number of hydrogen-bond acceptors (Lipinski definition) is 1. The van der Waals surface area contributed by atoms with Gasteiger partial charge in [-0.2, -0.15) is 0 Å². The number of hydrogen-bond donors (Lipinski definition) is 0. The van der Waals surface area contributed by atoms with Gasteiger partial charge in [-0.15, -0.1) is 0 Å². The van der Waals surface area contributed by atoms with Crippen molar-refractivity contribution in [3.63, 3.8) is 0 Å². The Morgan fingerprint density at radius 1 is 1.31 bits per heavy atom. The highest BCUT2D eigenvalue weighted by atomic mass is 19.1. The van der Waals surface area contributed by atoms with Gasteiger partial charge in [-0.3, -0.25) is 0 Å². The molecule has 0 saturated carbocycles. The van der Waals surface area contributed by atoms with Crippen molar-refractivity contribution in [3.05, 3.63) is 41.7 Å². The van der Waals surface area contributed by atoms with Gasteiger partial charge in [0.15, 0.2) is 0 Å².